The fourth-order valence-electron chi connectivity index (χ4n) is 3.23. The number of aromatic nitrogens is 3. The Morgan fingerprint density at radius 3 is 2.79 bits per heavy atom. The van der Waals surface area contributed by atoms with Gasteiger partial charge in [0.2, 0.25) is 0 Å². The maximum absolute atomic E-state index is 12.0. The zero-order valence-electron chi connectivity index (χ0n) is 16.3. The molecule has 0 atom stereocenters. The van der Waals surface area contributed by atoms with Crippen LogP contribution in [-0.4, -0.2) is 46.9 Å². The van der Waals surface area contributed by atoms with Gasteiger partial charge in [-0.2, -0.15) is 0 Å². The van der Waals surface area contributed by atoms with Gasteiger partial charge in [0.05, 0.1) is 25.2 Å². The van der Waals surface area contributed by atoms with Crippen LogP contribution in [0.3, 0.4) is 0 Å². The SMILES string of the molecule is CCn1cnc2c(N3CCOCC3)cc(NNC(=O)OCc3ccccc3)nc21. The first kappa shape index (κ1) is 19.0. The number of ether oxygens (including phenoxy) is 2. The molecule has 9 heteroatoms. The molecule has 4 rings (SSSR count). The van der Waals surface area contributed by atoms with E-state index in [1.165, 1.54) is 0 Å². The van der Waals surface area contributed by atoms with E-state index >= 15 is 0 Å². The van der Waals surface area contributed by atoms with Gasteiger partial charge in [-0.05, 0) is 12.5 Å². The molecule has 1 saturated heterocycles. The number of rotatable bonds is 6. The van der Waals surface area contributed by atoms with E-state index in [9.17, 15) is 4.79 Å². The molecule has 3 aromatic rings. The highest BCUT2D eigenvalue weighted by Gasteiger charge is 2.19. The van der Waals surface area contributed by atoms with Gasteiger partial charge in [-0.15, -0.1) is 0 Å². The van der Waals surface area contributed by atoms with Gasteiger partial charge >= 0.3 is 6.09 Å². The molecule has 2 N–H and O–H groups in total. The highest BCUT2D eigenvalue weighted by atomic mass is 16.6. The minimum atomic E-state index is -0.576. The summed E-state index contributed by atoms with van der Waals surface area (Å²) in [5.41, 5.74) is 8.89. The fraction of sp³-hybridized carbons (Fsp3) is 0.350. The molecule has 3 heterocycles. The summed E-state index contributed by atoms with van der Waals surface area (Å²) in [5, 5.41) is 0. The van der Waals surface area contributed by atoms with Crippen LogP contribution in [0.4, 0.5) is 16.3 Å². The van der Waals surface area contributed by atoms with Gasteiger partial charge in [0, 0.05) is 25.7 Å². The van der Waals surface area contributed by atoms with Crippen molar-refractivity contribution < 1.29 is 14.3 Å². The lowest BCUT2D eigenvalue weighted by Gasteiger charge is -2.29. The first-order valence-electron chi connectivity index (χ1n) is 9.66. The number of nitrogens with zero attached hydrogens (tertiary/aromatic N) is 4. The van der Waals surface area contributed by atoms with E-state index in [1.807, 2.05) is 47.9 Å². The van der Waals surface area contributed by atoms with Gasteiger partial charge in [0.25, 0.3) is 0 Å². The zero-order chi connectivity index (χ0) is 20.1. The van der Waals surface area contributed by atoms with Gasteiger partial charge < -0.3 is 18.9 Å². The maximum Gasteiger partial charge on any atom is 0.426 e. The van der Waals surface area contributed by atoms with Crippen LogP contribution in [0.25, 0.3) is 11.2 Å². The Kier molecular flexibility index (Phi) is 5.76. The molecular weight excluding hydrogens is 372 g/mol. The second-order valence-electron chi connectivity index (χ2n) is 6.64. The monoisotopic (exact) mass is 396 g/mol. The lowest BCUT2D eigenvalue weighted by atomic mass is 10.2. The third-order valence-corrected chi connectivity index (χ3v) is 4.75. The summed E-state index contributed by atoms with van der Waals surface area (Å²) in [6, 6.07) is 11.4. The second-order valence-corrected chi connectivity index (χ2v) is 6.64. The fourth-order valence-corrected chi connectivity index (χ4v) is 3.23. The quantitative estimate of drug-likeness (QED) is 0.619. The van der Waals surface area contributed by atoms with Gasteiger partial charge in [-0.1, -0.05) is 30.3 Å². The van der Waals surface area contributed by atoms with E-state index in [0.29, 0.717) is 19.0 Å². The molecule has 29 heavy (non-hydrogen) atoms. The summed E-state index contributed by atoms with van der Waals surface area (Å²) in [4.78, 5) is 23.4. The van der Waals surface area contributed by atoms with Crippen LogP contribution in [0, 0.1) is 0 Å². The molecule has 152 valence electrons. The smallest absolute Gasteiger partial charge is 0.426 e. The third kappa shape index (κ3) is 4.40. The molecule has 0 aliphatic carbocycles. The first-order chi connectivity index (χ1) is 14.2. The van der Waals surface area contributed by atoms with Gasteiger partial charge in [0.15, 0.2) is 5.65 Å². The van der Waals surface area contributed by atoms with Crippen molar-refractivity contribution in [2.45, 2.75) is 20.1 Å². The lowest BCUT2D eigenvalue weighted by Crippen LogP contribution is -2.36. The van der Waals surface area contributed by atoms with E-state index in [2.05, 4.69) is 25.7 Å². The van der Waals surface area contributed by atoms with Crippen molar-refractivity contribution in [2.75, 3.05) is 36.6 Å². The van der Waals surface area contributed by atoms with E-state index in [-0.39, 0.29) is 6.61 Å². The zero-order valence-corrected chi connectivity index (χ0v) is 16.3. The number of hydrogen-bond acceptors (Lipinski definition) is 7. The van der Waals surface area contributed by atoms with Gasteiger partial charge in [0.1, 0.15) is 17.9 Å². The Hall–Kier alpha value is -3.33. The number of pyridine rings is 1. The number of carbonyl (C=O) groups excluding carboxylic acids is 1. The van der Waals surface area contributed by atoms with Crippen molar-refractivity contribution in [3.63, 3.8) is 0 Å². The highest BCUT2D eigenvalue weighted by molar-refractivity contribution is 5.88. The summed E-state index contributed by atoms with van der Waals surface area (Å²) < 4.78 is 12.7. The molecule has 1 fully saturated rings. The number of imidazole rings is 1. The average molecular weight is 396 g/mol. The van der Waals surface area contributed by atoms with E-state index < -0.39 is 6.09 Å². The summed E-state index contributed by atoms with van der Waals surface area (Å²) in [6.07, 6.45) is 1.21. The minimum Gasteiger partial charge on any atom is -0.443 e. The summed E-state index contributed by atoms with van der Waals surface area (Å²) in [5.74, 6) is 0.519. The predicted molar refractivity (Wildman–Crippen MR) is 110 cm³/mol. The summed E-state index contributed by atoms with van der Waals surface area (Å²) >= 11 is 0. The van der Waals surface area contributed by atoms with Crippen molar-refractivity contribution in [3.05, 3.63) is 48.3 Å². The number of anilines is 2. The van der Waals surface area contributed by atoms with E-state index in [1.54, 1.807) is 6.33 Å². The van der Waals surface area contributed by atoms with Crippen molar-refractivity contribution in [3.8, 4) is 0 Å². The van der Waals surface area contributed by atoms with Crippen LogP contribution >= 0.6 is 0 Å². The molecule has 2 aromatic heterocycles. The predicted octanol–water partition coefficient (Wildman–Crippen LogP) is 2.54. The van der Waals surface area contributed by atoms with Crippen molar-refractivity contribution in [2.24, 2.45) is 0 Å². The van der Waals surface area contributed by atoms with Crippen LogP contribution in [0.1, 0.15) is 12.5 Å². The Bertz CT molecular complexity index is 969. The molecule has 1 aliphatic rings. The van der Waals surface area contributed by atoms with Crippen LogP contribution in [0.5, 0.6) is 0 Å². The topological polar surface area (TPSA) is 93.5 Å². The largest absolute Gasteiger partial charge is 0.443 e. The first-order valence-corrected chi connectivity index (χ1v) is 9.66. The molecule has 0 unspecified atom stereocenters. The number of aryl methyl sites for hydroxylation is 1. The molecule has 9 nitrogen and oxygen atoms in total. The number of benzene rings is 1. The van der Waals surface area contributed by atoms with Crippen LogP contribution in [0.2, 0.25) is 0 Å². The van der Waals surface area contributed by atoms with Crippen molar-refractivity contribution in [1.82, 2.24) is 20.0 Å². The molecule has 0 bridgehead atoms. The number of hydrogen-bond donors (Lipinski definition) is 2. The molecule has 0 spiro atoms. The Labute approximate surface area is 168 Å². The molecule has 1 aromatic carbocycles. The van der Waals surface area contributed by atoms with Crippen molar-refractivity contribution >= 4 is 28.8 Å². The Balaban J connectivity index is 1.48. The lowest BCUT2D eigenvalue weighted by molar-refractivity contribution is 0.123. The standard InChI is InChI=1S/C20H24N6O3/c1-2-25-14-21-18-16(26-8-10-28-11-9-26)12-17(22-19(18)25)23-24-20(27)29-13-15-6-4-3-5-7-15/h3-7,12,14H,2,8-11,13H2,1H3,(H,22,23)(H,24,27). The highest BCUT2D eigenvalue weighted by Crippen LogP contribution is 2.28. The third-order valence-electron chi connectivity index (χ3n) is 4.75. The normalized spacial score (nSPS) is 14.0. The molecule has 1 amide bonds. The number of nitrogens with one attached hydrogen (secondary N) is 2. The number of morpholine rings is 1. The average Bonchev–Trinajstić information content (AvgIpc) is 3.20. The van der Waals surface area contributed by atoms with E-state index in [0.717, 1.165) is 42.0 Å². The summed E-state index contributed by atoms with van der Waals surface area (Å²) in [6.45, 7) is 5.89. The van der Waals surface area contributed by atoms with Crippen LogP contribution < -0.4 is 15.8 Å². The molecule has 0 radical (unpaired) electrons. The Morgan fingerprint density at radius 1 is 1.24 bits per heavy atom. The van der Waals surface area contributed by atoms with Crippen molar-refractivity contribution in [1.29, 1.82) is 0 Å². The number of hydrazine groups is 1. The molecule has 1 aliphatic heterocycles. The molecular formula is C20H24N6O3. The summed E-state index contributed by atoms with van der Waals surface area (Å²) in [7, 11) is 0. The maximum atomic E-state index is 12.0. The van der Waals surface area contributed by atoms with Gasteiger partial charge in [-0.3, -0.25) is 5.43 Å². The Morgan fingerprint density at radius 2 is 2.03 bits per heavy atom. The van der Waals surface area contributed by atoms with E-state index in [4.69, 9.17) is 9.47 Å². The van der Waals surface area contributed by atoms with Crippen LogP contribution in [-0.2, 0) is 22.6 Å². The number of carbonyl (C=O) groups is 1. The van der Waals surface area contributed by atoms with Crippen LogP contribution in [0.15, 0.2) is 42.7 Å². The molecule has 0 saturated carbocycles. The number of amides is 1. The number of fused-ring (bicyclic) bond motifs is 1. The minimum absolute atomic E-state index is 0.197. The van der Waals surface area contributed by atoms with Gasteiger partial charge in [-0.25, -0.2) is 20.2 Å². The second kappa shape index (κ2) is 8.78.